The number of fused-ring (bicyclic) bond motifs is 2. The Morgan fingerprint density at radius 2 is 1.70 bits per heavy atom. The lowest BCUT2D eigenvalue weighted by atomic mass is 10.00. The van der Waals surface area contributed by atoms with Crippen LogP contribution in [0.5, 0.6) is 0 Å². The Balaban J connectivity index is 0.00000259. The first-order valence-corrected chi connectivity index (χ1v) is 12.3. The van der Waals surface area contributed by atoms with E-state index in [2.05, 4.69) is 77.4 Å². The van der Waals surface area contributed by atoms with Crippen LogP contribution in [0.4, 0.5) is 5.82 Å². The van der Waals surface area contributed by atoms with Crippen molar-refractivity contribution in [3.05, 3.63) is 58.4 Å². The van der Waals surface area contributed by atoms with Crippen LogP contribution in [-0.4, -0.2) is 59.1 Å². The van der Waals surface area contributed by atoms with Crippen LogP contribution >= 0.6 is 12.4 Å². The molecule has 2 aliphatic heterocycles. The third kappa shape index (κ3) is 4.64. The van der Waals surface area contributed by atoms with Crippen LogP contribution in [0.3, 0.4) is 0 Å². The van der Waals surface area contributed by atoms with Gasteiger partial charge in [-0.15, -0.1) is 12.4 Å². The number of halogens is 1. The number of aromatic nitrogens is 2. The quantitative estimate of drug-likeness (QED) is 0.539. The van der Waals surface area contributed by atoms with Crippen molar-refractivity contribution in [2.24, 2.45) is 0 Å². The third-order valence-electron chi connectivity index (χ3n) is 7.51. The second kappa shape index (κ2) is 10.0. The van der Waals surface area contributed by atoms with Gasteiger partial charge < -0.3 is 14.4 Å². The maximum absolute atomic E-state index is 5.36. The van der Waals surface area contributed by atoms with Crippen LogP contribution in [0.2, 0.25) is 0 Å². The van der Waals surface area contributed by atoms with Gasteiger partial charge in [0.25, 0.3) is 0 Å². The summed E-state index contributed by atoms with van der Waals surface area (Å²) in [6.45, 7) is 15.3. The van der Waals surface area contributed by atoms with Gasteiger partial charge in [-0.25, -0.2) is 4.98 Å². The van der Waals surface area contributed by atoms with E-state index in [-0.39, 0.29) is 12.4 Å². The lowest BCUT2D eigenvalue weighted by Crippen LogP contribution is -2.44. The highest BCUT2D eigenvalue weighted by atomic mass is 35.5. The van der Waals surface area contributed by atoms with Crippen LogP contribution in [0.1, 0.15) is 41.4 Å². The van der Waals surface area contributed by atoms with Gasteiger partial charge in [0.05, 0.1) is 11.2 Å². The molecule has 0 amide bonds. The molecule has 1 saturated heterocycles. The van der Waals surface area contributed by atoms with Gasteiger partial charge in [0.1, 0.15) is 0 Å². The Bertz CT molecular complexity index is 1110. The molecule has 0 bridgehead atoms. The summed E-state index contributed by atoms with van der Waals surface area (Å²) < 4.78 is 2.52. The Morgan fingerprint density at radius 3 is 2.42 bits per heavy atom. The smallest absolute Gasteiger partial charge is 0.153 e. The molecule has 0 aliphatic carbocycles. The number of piperazine rings is 1. The fraction of sp³-hybridized carbons (Fsp3) is 0.519. The summed E-state index contributed by atoms with van der Waals surface area (Å²) >= 11 is 0. The largest absolute Gasteiger partial charge is 0.350 e. The van der Waals surface area contributed by atoms with E-state index in [9.17, 15) is 0 Å². The third-order valence-corrected chi connectivity index (χ3v) is 7.51. The molecular formula is C27H38ClN5. The molecule has 178 valence electrons. The molecular weight excluding hydrogens is 430 g/mol. The molecule has 0 atom stereocenters. The van der Waals surface area contributed by atoms with Crippen LogP contribution in [0.25, 0.3) is 10.9 Å². The number of nitrogens with zero attached hydrogens (tertiary/aromatic N) is 5. The summed E-state index contributed by atoms with van der Waals surface area (Å²) in [6.07, 6.45) is 2.23. The molecule has 2 aliphatic rings. The van der Waals surface area contributed by atoms with Gasteiger partial charge in [0.2, 0.25) is 0 Å². The summed E-state index contributed by atoms with van der Waals surface area (Å²) in [5.74, 6) is 1.19. The molecule has 0 radical (unpaired) electrons. The Hall–Kier alpha value is -2.08. The minimum atomic E-state index is 0. The number of benzene rings is 1. The second-order valence-electron chi connectivity index (χ2n) is 9.72. The molecule has 0 saturated carbocycles. The van der Waals surface area contributed by atoms with Crippen molar-refractivity contribution in [3.8, 4) is 0 Å². The molecule has 6 heteroatoms. The molecule has 0 N–H and O–H groups in total. The minimum Gasteiger partial charge on any atom is -0.350 e. The number of hydrogen-bond donors (Lipinski definition) is 0. The van der Waals surface area contributed by atoms with E-state index in [1.54, 1.807) is 0 Å². The zero-order valence-electron chi connectivity index (χ0n) is 20.6. The molecule has 0 unspecified atom stereocenters. The Kier molecular flexibility index (Phi) is 7.32. The van der Waals surface area contributed by atoms with Gasteiger partial charge in [-0.1, -0.05) is 31.2 Å². The van der Waals surface area contributed by atoms with Crippen LogP contribution < -0.4 is 4.90 Å². The molecule has 3 aromatic rings. The minimum absolute atomic E-state index is 0. The SMILES string of the molecule is CCCn1c(C)c(C)c2cc(CN3CCN(C)CC3)nc(N3CCc4ccccc4C3)c21.Cl. The zero-order chi connectivity index (χ0) is 22.2. The molecule has 33 heavy (non-hydrogen) atoms. The van der Waals surface area contributed by atoms with Crippen LogP contribution in [0.15, 0.2) is 30.3 Å². The van der Waals surface area contributed by atoms with Crippen molar-refractivity contribution in [3.63, 3.8) is 0 Å². The van der Waals surface area contributed by atoms with Crippen molar-refractivity contribution in [2.45, 2.75) is 53.2 Å². The summed E-state index contributed by atoms with van der Waals surface area (Å²) in [4.78, 5) is 12.9. The Labute approximate surface area is 204 Å². The Morgan fingerprint density at radius 1 is 0.970 bits per heavy atom. The lowest BCUT2D eigenvalue weighted by molar-refractivity contribution is 0.147. The number of pyridine rings is 1. The maximum atomic E-state index is 5.36. The molecule has 5 rings (SSSR count). The predicted molar refractivity (Wildman–Crippen MR) is 141 cm³/mol. The van der Waals surface area contributed by atoms with Gasteiger partial charge >= 0.3 is 0 Å². The first-order chi connectivity index (χ1) is 15.5. The summed E-state index contributed by atoms with van der Waals surface area (Å²) in [5.41, 5.74) is 8.29. The molecule has 4 heterocycles. The predicted octanol–water partition coefficient (Wildman–Crippen LogP) is 4.80. The average Bonchev–Trinajstić information content (AvgIpc) is 3.05. The van der Waals surface area contributed by atoms with Gasteiger partial charge in [0.15, 0.2) is 5.82 Å². The van der Waals surface area contributed by atoms with E-state index < -0.39 is 0 Å². The van der Waals surface area contributed by atoms with Crippen molar-refractivity contribution in [1.82, 2.24) is 19.4 Å². The molecule has 0 spiro atoms. The number of anilines is 1. The van der Waals surface area contributed by atoms with E-state index in [4.69, 9.17) is 4.98 Å². The lowest BCUT2D eigenvalue weighted by Gasteiger charge is -2.33. The van der Waals surface area contributed by atoms with E-state index in [1.165, 1.54) is 44.8 Å². The first kappa shape index (κ1) is 24.1. The maximum Gasteiger partial charge on any atom is 0.153 e. The number of hydrogen-bond acceptors (Lipinski definition) is 4. The first-order valence-electron chi connectivity index (χ1n) is 12.3. The van der Waals surface area contributed by atoms with E-state index in [0.717, 1.165) is 65.2 Å². The molecule has 1 aromatic carbocycles. The number of likely N-dealkylation sites (N-methyl/N-ethyl adjacent to an activating group) is 1. The average molecular weight is 468 g/mol. The van der Waals surface area contributed by atoms with Gasteiger partial charge in [-0.05, 0) is 56.5 Å². The molecule has 5 nitrogen and oxygen atoms in total. The van der Waals surface area contributed by atoms with E-state index in [0.29, 0.717) is 0 Å². The van der Waals surface area contributed by atoms with Crippen molar-refractivity contribution in [2.75, 3.05) is 44.7 Å². The van der Waals surface area contributed by atoms with Crippen molar-refractivity contribution in [1.29, 1.82) is 0 Å². The number of aryl methyl sites for hydroxylation is 2. The molecule has 1 fully saturated rings. The fourth-order valence-electron chi connectivity index (χ4n) is 5.41. The van der Waals surface area contributed by atoms with Crippen LogP contribution in [0, 0.1) is 13.8 Å². The highest BCUT2D eigenvalue weighted by Crippen LogP contribution is 2.35. The highest BCUT2D eigenvalue weighted by Gasteiger charge is 2.24. The molecule has 2 aromatic heterocycles. The summed E-state index contributed by atoms with van der Waals surface area (Å²) in [6, 6.07) is 11.3. The normalized spacial score (nSPS) is 17.3. The van der Waals surface area contributed by atoms with Gasteiger partial charge in [-0.2, -0.15) is 0 Å². The van der Waals surface area contributed by atoms with E-state index in [1.807, 2.05) is 0 Å². The highest BCUT2D eigenvalue weighted by molar-refractivity contribution is 5.94. The summed E-state index contributed by atoms with van der Waals surface area (Å²) in [7, 11) is 2.22. The fourth-order valence-corrected chi connectivity index (χ4v) is 5.41. The van der Waals surface area contributed by atoms with Gasteiger partial charge in [-0.3, -0.25) is 4.90 Å². The van der Waals surface area contributed by atoms with Gasteiger partial charge in [0, 0.05) is 63.4 Å². The zero-order valence-corrected chi connectivity index (χ0v) is 21.4. The van der Waals surface area contributed by atoms with Crippen molar-refractivity contribution < 1.29 is 0 Å². The topological polar surface area (TPSA) is 27.5 Å². The standard InChI is InChI=1S/C27H37N5.ClH/c1-5-11-32-21(3)20(2)25-17-24(19-30-15-13-29(4)14-16-30)28-27(26(25)32)31-12-10-22-8-6-7-9-23(22)18-31;/h6-9,17H,5,10-16,18-19H2,1-4H3;1H. The van der Waals surface area contributed by atoms with E-state index >= 15 is 0 Å². The van der Waals surface area contributed by atoms with Crippen LogP contribution in [-0.2, 0) is 26.1 Å². The summed E-state index contributed by atoms with van der Waals surface area (Å²) in [5, 5.41) is 1.39. The second-order valence-corrected chi connectivity index (χ2v) is 9.72. The van der Waals surface area contributed by atoms with Crippen molar-refractivity contribution >= 4 is 29.1 Å². The number of rotatable bonds is 5. The monoisotopic (exact) mass is 467 g/mol.